The van der Waals surface area contributed by atoms with Gasteiger partial charge in [-0.2, -0.15) is 0 Å². The van der Waals surface area contributed by atoms with E-state index in [9.17, 15) is 0 Å². The van der Waals surface area contributed by atoms with Crippen molar-refractivity contribution in [3.63, 3.8) is 0 Å². The number of thiazole rings is 1. The molecule has 1 atom stereocenters. The van der Waals surface area contributed by atoms with Crippen molar-refractivity contribution in [1.82, 2.24) is 9.88 Å². The number of hydrogen-bond donors (Lipinski definition) is 1. The van der Waals surface area contributed by atoms with E-state index in [1.54, 1.807) is 11.3 Å². The molecule has 1 fully saturated rings. The highest BCUT2D eigenvalue weighted by Crippen LogP contribution is 2.23. The highest BCUT2D eigenvalue weighted by molar-refractivity contribution is 7.11. The molecule has 4 heteroatoms. The molecule has 16 heavy (non-hydrogen) atoms. The van der Waals surface area contributed by atoms with E-state index in [4.69, 9.17) is 5.11 Å². The molecule has 1 N–H and O–H groups in total. The van der Waals surface area contributed by atoms with E-state index in [1.807, 2.05) is 6.20 Å². The monoisotopic (exact) mass is 240 g/mol. The van der Waals surface area contributed by atoms with Gasteiger partial charge in [-0.05, 0) is 25.4 Å². The first-order valence-corrected chi connectivity index (χ1v) is 6.90. The minimum Gasteiger partial charge on any atom is -0.396 e. The fraction of sp³-hybridized carbons (Fsp3) is 0.750. The van der Waals surface area contributed by atoms with Gasteiger partial charge in [0.05, 0.1) is 5.01 Å². The van der Waals surface area contributed by atoms with E-state index in [1.165, 1.54) is 35.9 Å². The Morgan fingerprint density at radius 2 is 2.50 bits per heavy atom. The summed E-state index contributed by atoms with van der Waals surface area (Å²) in [4.78, 5) is 8.16. The predicted octanol–water partition coefficient (Wildman–Crippen LogP) is 1.56. The van der Waals surface area contributed by atoms with E-state index in [2.05, 4.69) is 16.8 Å². The molecule has 0 saturated carbocycles. The Morgan fingerprint density at radius 3 is 3.19 bits per heavy atom. The Morgan fingerprint density at radius 1 is 1.62 bits per heavy atom. The molecule has 1 saturated heterocycles. The number of likely N-dealkylation sites (tertiary alicyclic amines) is 1. The maximum atomic E-state index is 8.85. The van der Waals surface area contributed by atoms with Crippen LogP contribution in [0.25, 0.3) is 0 Å². The molecule has 0 aromatic carbocycles. The second-order valence-corrected chi connectivity index (χ2v) is 5.65. The lowest BCUT2D eigenvalue weighted by Gasteiger charge is -2.11. The Labute approximate surface area is 101 Å². The van der Waals surface area contributed by atoms with Crippen LogP contribution in [0.1, 0.15) is 23.2 Å². The zero-order valence-corrected chi connectivity index (χ0v) is 10.7. The van der Waals surface area contributed by atoms with Crippen LogP contribution in [-0.4, -0.2) is 41.2 Å². The maximum absolute atomic E-state index is 8.85. The van der Waals surface area contributed by atoms with Gasteiger partial charge in [0.1, 0.15) is 0 Å². The van der Waals surface area contributed by atoms with Gasteiger partial charge in [-0.3, -0.25) is 0 Å². The van der Waals surface area contributed by atoms with E-state index in [-0.39, 0.29) is 6.61 Å². The average Bonchev–Trinajstić information content (AvgIpc) is 2.89. The zero-order valence-electron chi connectivity index (χ0n) is 9.85. The van der Waals surface area contributed by atoms with Gasteiger partial charge in [0, 0.05) is 37.1 Å². The third-order valence-electron chi connectivity index (χ3n) is 3.24. The van der Waals surface area contributed by atoms with Crippen LogP contribution in [0.5, 0.6) is 0 Å². The van der Waals surface area contributed by atoms with Crippen molar-refractivity contribution in [1.29, 1.82) is 0 Å². The Bertz CT molecular complexity index is 327. The second kappa shape index (κ2) is 5.75. The summed E-state index contributed by atoms with van der Waals surface area (Å²) in [6, 6.07) is 0. The van der Waals surface area contributed by atoms with Crippen molar-refractivity contribution in [2.24, 2.45) is 5.92 Å². The van der Waals surface area contributed by atoms with Crippen molar-refractivity contribution in [2.75, 3.05) is 26.2 Å². The van der Waals surface area contributed by atoms with Gasteiger partial charge in [-0.15, -0.1) is 11.3 Å². The van der Waals surface area contributed by atoms with Crippen LogP contribution in [0.2, 0.25) is 0 Å². The standard InChI is InChI=1S/C12H20N2OS/c1-2-14-5-3-10(9-14)7-12-13-8-11(16-12)4-6-15/h8,10,15H,2-7,9H2,1H3. The summed E-state index contributed by atoms with van der Waals surface area (Å²) in [6.45, 7) is 6.10. The van der Waals surface area contributed by atoms with Gasteiger partial charge in [0.15, 0.2) is 0 Å². The lowest BCUT2D eigenvalue weighted by Crippen LogP contribution is -2.20. The molecule has 2 heterocycles. The van der Waals surface area contributed by atoms with Crippen molar-refractivity contribution in [3.05, 3.63) is 16.1 Å². The second-order valence-electron chi connectivity index (χ2n) is 4.45. The van der Waals surface area contributed by atoms with Crippen molar-refractivity contribution in [2.45, 2.75) is 26.2 Å². The minimum absolute atomic E-state index is 0.231. The molecule has 90 valence electrons. The summed E-state index contributed by atoms with van der Waals surface area (Å²) in [6.07, 6.45) is 5.10. The third-order valence-corrected chi connectivity index (χ3v) is 4.32. The summed E-state index contributed by atoms with van der Waals surface area (Å²) in [5, 5.41) is 10.1. The van der Waals surface area contributed by atoms with Crippen molar-refractivity contribution < 1.29 is 5.11 Å². The number of hydrogen-bond acceptors (Lipinski definition) is 4. The normalized spacial score (nSPS) is 21.8. The van der Waals surface area contributed by atoms with E-state index in [0.717, 1.165) is 18.8 Å². The van der Waals surface area contributed by atoms with Crippen LogP contribution >= 0.6 is 11.3 Å². The van der Waals surface area contributed by atoms with Gasteiger partial charge in [-0.25, -0.2) is 4.98 Å². The topological polar surface area (TPSA) is 36.4 Å². The van der Waals surface area contributed by atoms with Crippen LogP contribution in [0.4, 0.5) is 0 Å². The highest BCUT2D eigenvalue weighted by atomic mass is 32.1. The summed E-state index contributed by atoms with van der Waals surface area (Å²) in [7, 11) is 0. The molecular weight excluding hydrogens is 220 g/mol. The van der Waals surface area contributed by atoms with Gasteiger partial charge >= 0.3 is 0 Å². The molecule has 1 unspecified atom stereocenters. The molecule has 0 spiro atoms. The number of aromatic nitrogens is 1. The molecule has 1 aromatic rings. The lowest BCUT2D eigenvalue weighted by molar-refractivity contribution is 0.300. The molecule has 1 aliphatic rings. The Hall–Kier alpha value is -0.450. The quantitative estimate of drug-likeness (QED) is 0.848. The Kier molecular flexibility index (Phi) is 4.32. The van der Waals surface area contributed by atoms with Crippen LogP contribution in [0.15, 0.2) is 6.20 Å². The van der Waals surface area contributed by atoms with Crippen LogP contribution in [0, 0.1) is 5.92 Å². The SMILES string of the molecule is CCN1CCC(Cc2ncc(CCO)s2)C1. The largest absolute Gasteiger partial charge is 0.396 e. The molecule has 1 aromatic heterocycles. The summed E-state index contributed by atoms with van der Waals surface area (Å²) in [5.41, 5.74) is 0. The fourth-order valence-corrected chi connectivity index (χ4v) is 3.31. The zero-order chi connectivity index (χ0) is 11.4. The van der Waals surface area contributed by atoms with Crippen LogP contribution in [-0.2, 0) is 12.8 Å². The maximum Gasteiger partial charge on any atom is 0.0930 e. The van der Waals surface area contributed by atoms with Gasteiger partial charge in [-0.1, -0.05) is 6.92 Å². The summed E-state index contributed by atoms with van der Waals surface area (Å²) in [5.74, 6) is 0.785. The third kappa shape index (κ3) is 3.03. The first-order chi connectivity index (χ1) is 7.81. The first-order valence-electron chi connectivity index (χ1n) is 6.08. The average molecular weight is 240 g/mol. The van der Waals surface area contributed by atoms with E-state index in [0.29, 0.717) is 0 Å². The Balaban J connectivity index is 1.84. The van der Waals surface area contributed by atoms with Gasteiger partial charge in [0.25, 0.3) is 0 Å². The minimum atomic E-state index is 0.231. The number of aliphatic hydroxyl groups excluding tert-OH is 1. The number of rotatable bonds is 5. The number of aliphatic hydroxyl groups is 1. The molecule has 2 rings (SSSR count). The summed E-state index contributed by atoms with van der Waals surface area (Å²) < 4.78 is 0. The first kappa shape index (κ1) is 12.0. The molecule has 0 amide bonds. The molecule has 1 aliphatic heterocycles. The van der Waals surface area contributed by atoms with Crippen LogP contribution in [0.3, 0.4) is 0 Å². The van der Waals surface area contributed by atoms with Gasteiger partial charge in [0.2, 0.25) is 0 Å². The molecule has 0 radical (unpaired) electrons. The van der Waals surface area contributed by atoms with Crippen LogP contribution < -0.4 is 0 Å². The highest BCUT2D eigenvalue weighted by Gasteiger charge is 2.22. The molecular formula is C12H20N2OS. The van der Waals surface area contributed by atoms with E-state index < -0.39 is 0 Å². The fourth-order valence-electron chi connectivity index (χ4n) is 2.28. The molecule has 0 bridgehead atoms. The summed E-state index contributed by atoms with van der Waals surface area (Å²) >= 11 is 1.76. The van der Waals surface area contributed by atoms with Gasteiger partial charge < -0.3 is 10.0 Å². The van der Waals surface area contributed by atoms with Crippen molar-refractivity contribution >= 4 is 11.3 Å². The predicted molar refractivity (Wildman–Crippen MR) is 66.8 cm³/mol. The smallest absolute Gasteiger partial charge is 0.0930 e. The number of nitrogens with zero attached hydrogens (tertiary/aromatic N) is 2. The molecule has 0 aliphatic carbocycles. The van der Waals surface area contributed by atoms with Crippen molar-refractivity contribution in [3.8, 4) is 0 Å². The molecule has 3 nitrogen and oxygen atoms in total. The van der Waals surface area contributed by atoms with E-state index >= 15 is 0 Å². The lowest BCUT2D eigenvalue weighted by atomic mass is 10.1.